The number of hydrogen-bond acceptors (Lipinski definition) is 2. The van der Waals surface area contributed by atoms with Crippen LogP contribution in [-0.2, 0) is 11.3 Å². The number of carbonyl (C=O) groups excluding carboxylic acids is 1. The summed E-state index contributed by atoms with van der Waals surface area (Å²) in [5.74, 6) is 0.852. The van der Waals surface area contributed by atoms with Crippen LogP contribution in [-0.4, -0.2) is 42.9 Å². The highest BCUT2D eigenvalue weighted by molar-refractivity contribution is 5.86. The van der Waals surface area contributed by atoms with Gasteiger partial charge >= 0.3 is 0 Å². The summed E-state index contributed by atoms with van der Waals surface area (Å²) in [5, 5.41) is 6.38. The number of likely N-dealkylation sites (tertiary alicyclic amines) is 1. The van der Waals surface area contributed by atoms with Gasteiger partial charge in [-0.3, -0.25) is 4.79 Å². The molecule has 1 aromatic carbocycles. The number of nitrogens with zero attached hydrogens (tertiary/aromatic N) is 2. The van der Waals surface area contributed by atoms with E-state index in [9.17, 15) is 4.79 Å². The Morgan fingerprint density at radius 1 is 1.12 bits per heavy atom. The average molecular weight is 330 g/mol. The van der Waals surface area contributed by atoms with Crippen molar-refractivity contribution in [2.45, 2.75) is 47.1 Å². The van der Waals surface area contributed by atoms with Crippen molar-refractivity contribution in [3.63, 3.8) is 0 Å². The third-order valence-corrected chi connectivity index (χ3v) is 4.45. The van der Waals surface area contributed by atoms with Gasteiger partial charge in [0.25, 0.3) is 0 Å². The van der Waals surface area contributed by atoms with Crippen molar-refractivity contribution < 1.29 is 4.79 Å². The molecule has 2 N–H and O–H groups in total. The maximum atomic E-state index is 12.2. The number of guanidine groups is 1. The highest BCUT2D eigenvalue weighted by Gasteiger charge is 2.17. The summed E-state index contributed by atoms with van der Waals surface area (Å²) in [6.45, 7) is 11.9. The number of aliphatic imine (C=N–C) groups is 1. The second kappa shape index (κ2) is 8.71. The van der Waals surface area contributed by atoms with Crippen LogP contribution in [0.25, 0.3) is 0 Å². The molecule has 1 amide bonds. The molecule has 5 nitrogen and oxygen atoms in total. The van der Waals surface area contributed by atoms with Crippen molar-refractivity contribution in [2.24, 2.45) is 4.99 Å². The van der Waals surface area contributed by atoms with E-state index in [1.165, 1.54) is 22.3 Å². The van der Waals surface area contributed by atoms with Crippen LogP contribution in [0.2, 0.25) is 0 Å². The van der Waals surface area contributed by atoms with Crippen molar-refractivity contribution >= 4 is 11.9 Å². The normalized spacial score (nSPS) is 14.8. The van der Waals surface area contributed by atoms with Crippen molar-refractivity contribution in [2.75, 3.05) is 26.2 Å². The van der Waals surface area contributed by atoms with E-state index in [1.54, 1.807) is 0 Å². The minimum absolute atomic E-state index is 0.154. The molecule has 1 fully saturated rings. The fourth-order valence-electron chi connectivity index (χ4n) is 3.20. The molecule has 0 spiro atoms. The quantitative estimate of drug-likeness (QED) is 0.643. The molecule has 0 radical (unpaired) electrons. The first-order valence-corrected chi connectivity index (χ1v) is 8.88. The SMILES string of the molecule is CCNC(=NCc1c(C)cc(C)cc1C)NCC(=O)N1CCCC1. The Balaban J connectivity index is 1.99. The maximum Gasteiger partial charge on any atom is 0.241 e. The molecule has 2 rings (SSSR count). The molecule has 0 aliphatic carbocycles. The molecule has 1 aliphatic heterocycles. The highest BCUT2D eigenvalue weighted by atomic mass is 16.2. The summed E-state index contributed by atoms with van der Waals surface area (Å²) in [6, 6.07) is 4.38. The van der Waals surface area contributed by atoms with Gasteiger partial charge in [-0.2, -0.15) is 0 Å². The van der Waals surface area contributed by atoms with E-state index in [0.29, 0.717) is 19.0 Å². The molecule has 1 aliphatic rings. The Kier molecular flexibility index (Phi) is 6.64. The number of benzene rings is 1. The fourth-order valence-corrected chi connectivity index (χ4v) is 3.20. The number of hydrogen-bond donors (Lipinski definition) is 2. The van der Waals surface area contributed by atoms with Gasteiger partial charge in [0.05, 0.1) is 13.1 Å². The van der Waals surface area contributed by atoms with Gasteiger partial charge in [-0.05, 0) is 57.2 Å². The first-order valence-electron chi connectivity index (χ1n) is 8.88. The summed E-state index contributed by atoms with van der Waals surface area (Å²) in [5.41, 5.74) is 5.06. The van der Waals surface area contributed by atoms with E-state index in [-0.39, 0.29) is 5.91 Å². The average Bonchev–Trinajstić information content (AvgIpc) is 3.05. The smallest absolute Gasteiger partial charge is 0.241 e. The second-order valence-corrected chi connectivity index (χ2v) is 6.51. The number of nitrogens with one attached hydrogen (secondary N) is 2. The van der Waals surface area contributed by atoms with Crippen LogP contribution in [0, 0.1) is 20.8 Å². The molecule has 5 heteroatoms. The van der Waals surface area contributed by atoms with E-state index in [4.69, 9.17) is 0 Å². The standard InChI is InChI=1S/C19H30N4O/c1-5-20-19(22-13-18(24)23-8-6-7-9-23)21-12-17-15(3)10-14(2)11-16(17)4/h10-11H,5-9,12-13H2,1-4H3,(H2,20,21,22). The Morgan fingerprint density at radius 2 is 1.75 bits per heavy atom. The number of rotatable bonds is 5. The molecular formula is C19H30N4O. The number of aryl methyl sites for hydroxylation is 3. The largest absolute Gasteiger partial charge is 0.357 e. The topological polar surface area (TPSA) is 56.7 Å². The van der Waals surface area contributed by atoms with Crippen LogP contribution < -0.4 is 10.6 Å². The summed E-state index contributed by atoms with van der Waals surface area (Å²) < 4.78 is 0. The molecule has 1 saturated heterocycles. The molecule has 1 aromatic rings. The molecule has 0 unspecified atom stereocenters. The molecule has 24 heavy (non-hydrogen) atoms. The van der Waals surface area contributed by atoms with E-state index in [2.05, 4.69) is 48.5 Å². The third-order valence-electron chi connectivity index (χ3n) is 4.45. The Labute approximate surface area is 145 Å². The molecular weight excluding hydrogens is 300 g/mol. The van der Waals surface area contributed by atoms with Crippen molar-refractivity contribution in [3.8, 4) is 0 Å². The lowest BCUT2D eigenvalue weighted by Gasteiger charge is -2.17. The molecule has 0 aromatic heterocycles. The van der Waals surface area contributed by atoms with Crippen LogP contribution in [0.4, 0.5) is 0 Å². The lowest BCUT2D eigenvalue weighted by Crippen LogP contribution is -2.44. The van der Waals surface area contributed by atoms with Crippen LogP contribution in [0.5, 0.6) is 0 Å². The summed E-state index contributed by atoms with van der Waals surface area (Å²) in [6.07, 6.45) is 2.23. The zero-order chi connectivity index (χ0) is 17.5. The maximum absolute atomic E-state index is 12.2. The minimum atomic E-state index is 0.154. The Morgan fingerprint density at radius 3 is 2.33 bits per heavy atom. The monoisotopic (exact) mass is 330 g/mol. The lowest BCUT2D eigenvalue weighted by atomic mass is 10.00. The minimum Gasteiger partial charge on any atom is -0.357 e. The van der Waals surface area contributed by atoms with Gasteiger partial charge in [0.2, 0.25) is 5.91 Å². The van der Waals surface area contributed by atoms with Crippen LogP contribution in [0.15, 0.2) is 17.1 Å². The van der Waals surface area contributed by atoms with Crippen LogP contribution >= 0.6 is 0 Å². The fraction of sp³-hybridized carbons (Fsp3) is 0.579. The van der Waals surface area contributed by atoms with Gasteiger partial charge < -0.3 is 15.5 Å². The Hall–Kier alpha value is -2.04. The van der Waals surface area contributed by atoms with Gasteiger partial charge in [0, 0.05) is 19.6 Å². The summed E-state index contributed by atoms with van der Waals surface area (Å²) in [4.78, 5) is 18.7. The van der Waals surface area contributed by atoms with Gasteiger partial charge in [0.1, 0.15) is 0 Å². The van der Waals surface area contributed by atoms with E-state index < -0.39 is 0 Å². The number of carbonyl (C=O) groups is 1. The van der Waals surface area contributed by atoms with Crippen LogP contribution in [0.1, 0.15) is 42.0 Å². The zero-order valence-corrected chi connectivity index (χ0v) is 15.4. The first kappa shape index (κ1) is 18.3. The third kappa shape index (κ3) is 4.98. The molecule has 1 heterocycles. The van der Waals surface area contributed by atoms with Gasteiger partial charge in [-0.15, -0.1) is 0 Å². The van der Waals surface area contributed by atoms with Gasteiger partial charge in [0.15, 0.2) is 5.96 Å². The molecule has 132 valence electrons. The molecule has 0 atom stereocenters. The van der Waals surface area contributed by atoms with Gasteiger partial charge in [-0.1, -0.05) is 17.7 Å². The summed E-state index contributed by atoms with van der Waals surface area (Å²) >= 11 is 0. The van der Waals surface area contributed by atoms with E-state index >= 15 is 0 Å². The van der Waals surface area contributed by atoms with E-state index in [0.717, 1.165) is 32.5 Å². The van der Waals surface area contributed by atoms with Crippen molar-refractivity contribution in [1.29, 1.82) is 0 Å². The summed E-state index contributed by atoms with van der Waals surface area (Å²) in [7, 11) is 0. The molecule has 0 bridgehead atoms. The van der Waals surface area contributed by atoms with E-state index in [1.807, 2.05) is 11.8 Å². The Bertz CT molecular complexity index is 580. The van der Waals surface area contributed by atoms with Gasteiger partial charge in [-0.25, -0.2) is 4.99 Å². The lowest BCUT2D eigenvalue weighted by molar-refractivity contribution is -0.128. The van der Waals surface area contributed by atoms with Crippen molar-refractivity contribution in [3.05, 3.63) is 34.4 Å². The highest BCUT2D eigenvalue weighted by Crippen LogP contribution is 2.17. The predicted molar refractivity (Wildman–Crippen MR) is 99.3 cm³/mol. The van der Waals surface area contributed by atoms with Crippen molar-refractivity contribution in [1.82, 2.24) is 15.5 Å². The predicted octanol–water partition coefficient (Wildman–Crippen LogP) is 2.29. The zero-order valence-electron chi connectivity index (χ0n) is 15.4. The second-order valence-electron chi connectivity index (χ2n) is 6.51. The van der Waals surface area contributed by atoms with Crippen LogP contribution in [0.3, 0.4) is 0 Å². The number of amides is 1. The molecule has 0 saturated carbocycles. The first-order chi connectivity index (χ1) is 11.5.